The van der Waals surface area contributed by atoms with E-state index in [1.165, 1.54) is 6.20 Å². The van der Waals surface area contributed by atoms with Gasteiger partial charge in [0.2, 0.25) is 5.91 Å². The number of hydrogen-bond acceptors (Lipinski definition) is 6. The second-order valence-corrected chi connectivity index (χ2v) is 6.29. The lowest BCUT2D eigenvalue weighted by molar-refractivity contribution is -0.132. The summed E-state index contributed by atoms with van der Waals surface area (Å²) in [6.07, 6.45) is 4.29. The largest absolute Gasteiger partial charge is 0.374 e. The van der Waals surface area contributed by atoms with Crippen LogP contribution < -0.4 is 16.8 Å². The summed E-state index contributed by atoms with van der Waals surface area (Å²) >= 11 is 0. The number of hydrogen-bond donors (Lipinski definition) is 4. The van der Waals surface area contributed by atoms with E-state index in [0.29, 0.717) is 23.5 Å². The summed E-state index contributed by atoms with van der Waals surface area (Å²) in [4.78, 5) is 30.0. The topological polar surface area (TPSA) is 138 Å². The zero-order valence-corrected chi connectivity index (χ0v) is 14.7. The van der Waals surface area contributed by atoms with Crippen LogP contribution in [0, 0.1) is 12.3 Å². The summed E-state index contributed by atoms with van der Waals surface area (Å²) in [6.45, 7) is 4.32. The summed E-state index contributed by atoms with van der Waals surface area (Å²) in [5.41, 5.74) is 12.1. The molecule has 1 fully saturated rings. The van der Waals surface area contributed by atoms with Crippen molar-refractivity contribution in [1.82, 2.24) is 9.88 Å². The van der Waals surface area contributed by atoms with Gasteiger partial charge in [0.15, 0.2) is 0 Å². The standard InChI is InChI=1S/C17H26N6O2/c1-3-11-4-5-12(7-18)23(11)15(24)9-22-14-8-21-10(2)6-13(14)16(19)17(20)25/h6,8,11-12,19,22H,3-5,7,9,18H2,1-2H3,(H2,20,25). The summed E-state index contributed by atoms with van der Waals surface area (Å²) in [6, 6.07) is 1.88. The highest BCUT2D eigenvalue weighted by atomic mass is 16.2. The monoisotopic (exact) mass is 346 g/mol. The van der Waals surface area contributed by atoms with E-state index in [1.54, 1.807) is 13.0 Å². The van der Waals surface area contributed by atoms with Gasteiger partial charge in [-0.1, -0.05) is 6.92 Å². The number of amides is 2. The van der Waals surface area contributed by atoms with Crippen LogP contribution in [0.25, 0.3) is 0 Å². The van der Waals surface area contributed by atoms with Gasteiger partial charge in [-0.2, -0.15) is 0 Å². The normalized spacial score (nSPS) is 19.7. The number of nitrogens with two attached hydrogens (primary N) is 2. The molecule has 1 aliphatic rings. The number of likely N-dealkylation sites (tertiary alicyclic amines) is 1. The molecule has 0 radical (unpaired) electrons. The molecule has 2 atom stereocenters. The smallest absolute Gasteiger partial charge is 0.267 e. The fourth-order valence-corrected chi connectivity index (χ4v) is 3.30. The molecule has 0 saturated carbocycles. The third-order valence-electron chi connectivity index (χ3n) is 4.64. The van der Waals surface area contributed by atoms with Crippen molar-refractivity contribution in [1.29, 1.82) is 5.41 Å². The molecule has 8 nitrogen and oxygen atoms in total. The Balaban J connectivity index is 2.14. The molecule has 2 rings (SSSR count). The third kappa shape index (κ3) is 4.14. The average molecular weight is 346 g/mol. The molecule has 6 N–H and O–H groups in total. The predicted octanol–water partition coefficient (Wildman–Crippen LogP) is 0.383. The summed E-state index contributed by atoms with van der Waals surface area (Å²) < 4.78 is 0. The number of primary amides is 1. The van der Waals surface area contributed by atoms with Gasteiger partial charge in [0.05, 0.1) is 18.4 Å². The van der Waals surface area contributed by atoms with E-state index in [4.69, 9.17) is 16.9 Å². The van der Waals surface area contributed by atoms with Crippen molar-refractivity contribution in [3.8, 4) is 0 Å². The van der Waals surface area contributed by atoms with Crippen molar-refractivity contribution in [2.75, 3.05) is 18.4 Å². The summed E-state index contributed by atoms with van der Waals surface area (Å²) in [7, 11) is 0. The first-order chi connectivity index (χ1) is 11.9. The highest BCUT2D eigenvalue weighted by molar-refractivity contribution is 6.44. The number of carbonyl (C=O) groups is 2. The zero-order chi connectivity index (χ0) is 18.6. The zero-order valence-electron chi connectivity index (χ0n) is 14.7. The van der Waals surface area contributed by atoms with Gasteiger partial charge in [-0.25, -0.2) is 0 Å². The molecule has 0 aromatic carbocycles. The quantitative estimate of drug-likeness (QED) is 0.529. The number of nitrogens with zero attached hydrogens (tertiary/aromatic N) is 2. The van der Waals surface area contributed by atoms with Gasteiger partial charge >= 0.3 is 0 Å². The van der Waals surface area contributed by atoms with Gasteiger partial charge in [-0.3, -0.25) is 20.0 Å². The van der Waals surface area contributed by atoms with Crippen LogP contribution in [0.5, 0.6) is 0 Å². The lowest BCUT2D eigenvalue weighted by atomic mass is 10.1. The molecule has 0 aliphatic carbocycles. The second kappa shape index (κ2) is 8.06. The van der Waals surface area contributed by atoms with Gasteiger partial charge in [0.1, 0.15) is 5.71 Å². The molecule has 136 valence electrons. The Labute approximate surface area is 147 Å². The first kappa shape index (κ1) is 18.9. The van der Waals surface area contributed by atoms with Crippen LogP contribution in [0.15, 0.2) is 12.3 Å². The van der Waals surface area contributed by atoms with Gasteiger partial charge in [0, 0.05) is 29.9 Å². The Bertz CT molecular complexity index is 663. The highest BCUT2D eigenvalue weighted by Gasteiger charge is 2.34. The van der Waals surface area contributed by atoms with Gasteiger partial charge < -0.3 is 21.7 Å². The maximum atomic E-state index is 12.7. The highest BCUT2D eigenvalue weighted by Crippen LogP contribution is 2.26. The number of anilines is 1. The molecular weight excluding hydrogens is 320 g/mol. The molecule has 0 bridgehead atoms. The number of carbonyl (C=O) groups excluding carboxylic acids is 2. The summed E-state index contributed by atoms with van der Waals surface area (Å²) in [5, 5.41) is 10.8. The van der Waals surface area contributed by atoms with E-state index >= 15 is 0 Å². The van der Waals surface area contributed by atoms with Gasteiger partial charge in [0.25, 0.3) is 5.91 Å². The predicted molar refractivity (Wildman–Crippen MR) is 96.5 cm³/mol. The molecule has 2 amide bonds. The SMILES string of the molecule is CCC1CCC(CN)N1C(=O)CNc1cnc(C)cc1C(=N)C(N)=O. The maximum Gasteiger partial charge on any atom is 0.267 e. The number of aromatic nitrogens is 1. The van der Waals surface area contributed by atoms with E-state index in [2.05, 4.69) is 17.2 Å². The first-order valence-electron chi connectivity index (χ1n) is 8.49. The van der Waals surface area contributed by atoms with Gasteiger partial charge in [-0.05, 0) is 32.3 Å². The molecule has 1 aromatic heterocycles. The number of nitrogens with one attached hydrogen (secondary N) is 2. The van der Waals surface area contributed by atoms with Crippen molar-refractivity contribution in [3.05, 3.63) is 23.5 Å². The minimum atomic E-state index is -0.825. The molecule has 1 aromatic rings. The first-order valence-corrected chi connectivity index (χ1v) is 8.49. The van der Waals surface area contributed by atoms with Gasteiger partial charge in [-0.15, -0.1) is 0 Å². The minimum Gasteiger partial charge on any atom is -0.374 e. The molecule has 0 spiro atoms. The fourth-order valence-electron chi connectivity index (χ4n) is 3.30. The summed E-state index contributed by atoms with van der Waals surface area (Å²) in [5.74, 6) is -0.870. The van der Waals surface area contributed by atoms with E-state index in [0.717, 1.165) is 19.3 Å². The van der Waals surface area contributed by atoms with E-state index in [-0.39, 0.29) is 30.2 Å². The molecular formula is C17H26N6O2. The van der Waals surface area contributed by atoms with Crippen LogP contribution in [-0.4, -0.2) is 52.6 Å². The van der Waals surface area contributed by atoms with E-state index in [9.17, 15) is 9.59 Å². The molecule has 1 aliphatic heterocycles. The number of pyridine rings is 1. The van der Waals surface area contributed by atoms with Crippen LogP contribution in [0.3, 0.4) is 0 Å². The minimum absolute atomic E-state index is 0.0445. The molecule has 25 heavy (non-hydrogen) atoms. The molecule has 2 heterocycles. The second-order valence-electron chi connectivity index (χ2n) is 6.29. The van der Waals surface area contributed by atoms with Crippen molar-refractivity contribution in [2.45, 2.75) is 45.2 Å². The van der Waals surface area contributed by atoms with Crippen molar-refractivity contribution < 1.29 is 9.59 Å². The third-order valence-corrected chi connectivity index (χ3v) is 4.64. The number of rotatable bonds is 7. The molecule has 1 saturated heterocycles. The Kier molecular flexibility index (Phi) is 6.08. The van der Waals surface area contributed by atoms with Crippen LogP contribution in [0.2, 0.25) is 0 Å². The van der Waals surface area contributed by atoms with Crippen LogP contribution in [-0.2, 0) is 9.59 Å². The lowest BCUT2D eigenvalue weighted by Gasteiger charge is -2.29. The van der Waals surface area contributed by atoms with E-state index in [1.807, 2.05) is 4.90 Å². The fraction of sp³-hybridized carbons (Fsp3) is 0.529. The van der Waals surface area contributed by atoms with E-state index < -0.39 is 5.91 Å². The maximum absolute atomic E-state index is 12.7. The number of aryl methyl sites for hydroxylation is 1. The van der Waals surface area contributed by atoms with Crippen molar-refractivity contribution in [3.63, 3.8) is 0 Å². The average Bonchev–Trinajstić information content (AvgIpc) is 3.02. The van der Waals surface area contributed by atoms with Crippen LogP contribution in [0.4, 0.5) is 5.69 Å². The Morgan fingerprint density at radius 2 is 2.08 bits per heavy atom. The molecule has 8 heteroatoms. The Morgan fingerprint density at radius 1 is 1.40 bits per heavy atom. The Hall–Kier alpha value is -2.48. The molecule has 2 unspecified atom stereocenters. The van der Waals surface area contributed by atoms with Crippen LogP contribution in [0.1, 0.15) is 37.4 Å². The van der Waals surface area contributed by atoms with Crippen molar-refractivity contribution in [2.24, 2.45) is 11.5 Å². The lowest BCUT2D eigenvalue weighted by Crippen LogP contribution is -2.46. The Morgan fingerprint density at radius 3 is 2.68 bits per heavy atom. The van der Waals surface area contributed by atoms with Crippen molar-refractivity contribution >= 4 is 23.2 Å². The van der Waals surface area contributed by atoms with Crippen LogP contribution >= 0.6 is 0 Å².